The number of amidine groups is 1. The molecule has 1 N–H and O–H groups in total. The number of rotatable bonds is 4. The SMILES string of the molecule is Fc1cc(C2=NCCN2)ccc1OCc1ccccc1. The molecule has 2 aromatic carbocycles. The molecule has 1 heterocycles. The molecule has 0 fully saturated rings. The largest absolute Gasteiger partial charge is 0.486 e. The Labute approximate surface area is 117 Å². The highest BCUT2D eigenvalue weighted by Gasteiger charge is 2.11. The second-order valence-electron chi connectivity index (χ2n) is 4.58. The lowest BCUT2D eigenvalue weighted by molar-refractivity contribution is 0.290. The molecule has 3 nitrogen and oxygen atoms in total. The quantitative estimate of drug-likeness (QED) is 0.926. The van der Waals surface area contributed by atoms with E-state index >= 15 is 0 Å². The lowest BCUT2D eigenvalue weighted by atomic mass is 10.2. The topological polar surface area (TPSA) is 33.6 Å². The lowest BCUT2D eigenvalue weighted by Gasteiger charge is -2.09. The van der Waals surface area contributed by atoms with Crippen LogP contribution in [-0.2, 0) is 6.61 Å². The molecule has 0 saturated carbocycles. The number of halogens is 1. The van der Waals surface area contributed by atoms with E-state index in [-0.39, 0.29) is 11.6 Å². The average molecular weight is 270 g/mol. The molecule has 0 saturated heterocycles. The van der Waals surface area contributed by atoms with E-state index in [2.05, 4.69) is 10.3 Å². The zero-order valence-corrected chi connectivity index (χ0v) is 11.0. The van der Waals surface area contributed by atoms with Gasteiger partial charge in [0, 0.05) is 12.1 Å². The van der Waals surface area contributed by atoms with Crippen LogP contribution >= 0.6 is 0 Å². The molecule has 0 spiro atoms. The van der Waals surface area contributed by atoms with Gasteiger partial charge in [-0.1, -0.05) is 30.3 Å². The first-order chi connectivity index (χ1) is 9.83. The van der Waals surface area contributed by atoms with Crippen LogP contribution in [0.5, 0.6) is 5.75 Å². The average Bonchev–Trinajstić information content (AvgIpc) is 3.01. The summed E-state index contributed by atoms with van der Waals surface area (Å²) in [6, 6.07) is 14.6. The van der Waals surface area contributed by atoms with Crippen molar-refractivity contribution in [1.82, 2.24) is 5.32 Å². The van der Waals surface area contributed by atoms with E-state index < -0.39 is 0 Å². The molecule has 3 rings (SSSR count). The van der Waals surface area contributed by atoms with Gasteiger partial charge in [-0.25, -0.2) is 4.39 Å². The molecule has 4 heteroatoms. The molecule has 0 bridgehead atoms. The van der Waals surface area contributed by atoms with Crippen LogP contribution in [-0.4, -0.2) is 18.9 Å². The zero-order valence-electron chi connectivity index (χ0n) is 11.0. The molecule has 0 aliphatic carbocycles. The number of nitrogens with one attached hydrogen (secondary N) is 1. The summed E-state index contributed by atoms with van der Waals surface area (Å²) in [7, 11) is 0. The summed E-state index contributed by atoms with van der Waals surface area (Å²) in [4.78, 5) is 4.27. The van der Waals surface area contributed by atoms with Crippen LogP contribution < -0.4 is 10.1 Å². The van der Waals surface area contributed by atoms with Gasteiger partial charge in [-0.05, 0) is 23.8 Å². The summed E-state index contributed by atoms with van der Waals surface area (Å²) in [6.45, 7) is 1.91. The minimum Gasteiger partial charge on any atom is -0.486 e. The third-order valence-corrected chi connectivity index (χ3v) is 3.12. The summed E-state index contributed by atoms with van der Waals surface area (Å²) in [5.41, 5.74) is 1.77. The summed E-state index contributed by atoms with van der Waals surface area (Å²) >= 11 is 0. The second-order valence-corrected chi connectivity index (χ2v) is 4.58. The van der Waals surface area contributed by atoms with Gasteiger partial charge in [0.1, 0.15) is 12.4 Å². The van der Waals surface area contributed by atoms with E-state index in [4.69, 9.17) is 4.74 Å². The molecule has 0 atom stereocenters. The van der Waals surface area contributed by atoms with Crippen molar-refractivity contribution in [2.75, 3.05) is 13.1 Å². The minimum atomic E-state index is -0.366. The Balaban J connectivity index is 1.71. The van der Waals surface area contributed by atoms with Crippen LogP contribution in [0.25, 0.3) is 0 Å². The normalized spacial score (nSPS) is 13.8. The molecule has 0 amide bonds. The molecule has 1 aliphatic rings. The van der Waals surface area contributed by atoms with Gasteiger partial charge in [-0.15, -0.1) is 0 Å². The van der Waals surface area contributed by atoms with Crippen molar-refractivity contribution in [2.45, 2.75) is 6.61 Å². The highest BCUT2D eigenvalue weighted by molar-refractivity contribution is 5.99. The molecule has 0 aromatic heterocycles. The van der Waals surface area contributed by atoms with Crippen LogP contribution in [0, 0.1) is 5.82 Å². The van der Waals surface area contributed by atoms with Gasteiger partial charge in [-0.3, -0.25) is 4.99 Å². The van der Waals surface area contributed by atoms with Gasteiger partial charge in [0.2, 0.25) is 0 Å². The van der Waals surface area contributed by atoms with E-state index in [9.17, 15) is 4.39 Å². The number of ether oxygens (including phenoxy) is 1. The molecular formula is C16H15FN2O. The Kier molecular flexibility index (Phi) is 3.63. The first kappa shape index (κ1) is 12.7. The van der Waals surface area contributed by atoms with Crippen LogP contribution in [0.2, 0.25) is 0 Å². The van der Waals surface area contributed by atoms with Crippen LogP contribution in [0.15, 0.2) is 53.5 Å². The smallest absolute Gasteiger partial charge is 0.165 e. The summed E-state index contributed by atoms with van der Waals surface area (Å²) in [6.07, 6.45) is 0. The Bertz CT molecular complexity index is 626. The van der Waals surface area contributed by atoms with Crippen molar-refractivity contribution in [1.29, 1.82) is 0 Å². The molecular weight excluding hydrogens is 255 g/mol. The van der Waals surface area contributed by atoms with Gasteiger partial charge in [0.05, 0.1) is 6.54 Å². The zero-order chi connectivity index (χ0) is 13.8. The summed E-state index contributed by atoms with van der Waals surface area (Å²) in [5, 5.41) is 3.12. The fraction of sp³-hybridized carbons (Fsp3) is 0.188. The van der Waals surface area contributed by atoms with Gasteiger partial charge in [0.25, 0.3) is 0 Å². The van der Waals surface area contributed by atoms with E-state index in [1.807, 2.05) is 36.4 Å². The van der Waals surface area contributed by atoms with Crippen molar-refractivity contribution in [3.05, 3.63) is 65.5 Å². The highest BCUT2D eigenvalue weighted by atomic mass is 19.1. The Morgan fingerprint density at radius 2 is 2.00 bits per heavy atom. The molecule has 1 aliphatic heterocycles. The predicted octanol–water partition coefficient (Wildman–Crippen LogP) is 2.75. The molecule has 0 unspecified atom stereocenters. The third-order valence-electron chi connectivity index (χ3n) is 3.12. The monoisotopic (exact) mass is 270 g/mol. The van der Waals surface area contributed by atoms with E-state index in [1.165, 1.54) is 6.07 Å². The maximum atomic E-state index is 14.0. The van der Waals surface area contributed by atoms with Gasteiger partial charge < -0.3 is 10.1 Å². The molecule has 2 aromatic rings. The third kappa shape index (κ3) is 2.79. The summed E-state index contributed by atoms with van der Waals surface area (Å²) in [5.74, 6) is 0.643. The molecule has 0 radical (unpaired) electrons. The fourth-order valence-corrected chi connectivity index (χ4v) is 2.09. The Morgan fingerprint density at radius 1 is 1.15 bits per heavy atom. The minimum absolute atomic E-state index is 0.260. The second kappa shape index (κ2) is 5.74. The maximum absolute atomic E-state index is 14.0. The fourth-order valence-electron chi connectivity index (χ4n) is 2.09. The standard InChI is InChI=1S/C16H15FN2O/c17-14-10-13(16-18-8-9-19-16)6-7-15(14)20-11-12-4-2-1-3-5-12/h1-7,10H,8-9,11H2,(H,18,19). The summed E-state index contributed by atoms with van der Waals surface area (Å²) < 4.78 is 19.5. The first-order valence-electron chi connectivity index (χ1n) is 6.58. The van der Waals surface area contributed by atoms with Crippen molar-refractivity contribution in [3.63, 3.8) is 0 Å². The van der Waals surface area contributed by atoms with Gasteiger partial charge in [-0.2, -0.15) is 0 Å². The Morgan fingerprint density at radius 3 is 2.70 bits per heavy atom. The van der Waals surface area contributed by atoms with Gasteiger partial charge >= 0.3 is 0 Å². The first-order valence-corrected chi connectivity index (χ1v) is 6.58. The number of hydrogen-bond acceptors (Lipinski definition) is 3. The predicted molar refractivity (Wildman–Crippen MR) is 76.6 cm³/mol. The number of nitrogens with zero attached hydrogens (tertiary/aromatic N) is 1. The number of hydrogen-bond donors (Lipinski definition) is 1. The van der Waals surface area contributed by atoms with Crippen LogP contribution in [0.3, 0.4) is 0 Å². The van der Waals surface area contributed by atoms with Crippen molar-refractivity contribution in [3.8, 4) is 5.75 Å². The van der Waals surface area contributed by atoms with E-state index in [0.717, 1.165) is 30.1 Å². The maximum Gasteiger partial charge on any atom is 0.165 e. The van der Waals surface area contributed by atoms with Crippen molar-refractivity contribution >= 4 is 5.84 Å². The number of aliphatic imine (C=N–C) groups is 1. The highest BCUT2D eigenvalue weighted by Crippen LogP contribution is 2.20. The van der Waals surface area contributed by atoms with Crippen molar-refractivity contribution < 1.29 is 9.13 Å². The Hall–Kier alpha value is -2.36. The molecule has 102 valence electrons. The number of benzene rings is 2. The van der Waals surface area contributed by atoms with Crippen molar-refractivity contribution in [2.24, 2.45) is 4.99 Å². The van der Waals surface area contributed by atoms with Crippen LogP contribution in [0.4, 0.5) is 4.39 Å². The van der Waals surface area contributed by atoms with E-state index in [0.29, 0.717) is 6.61 Å². The van der Waals surface area contributed by atoms with Gasteiger partial charge in [0.15, 0.2) is 11.6 Å². The lowest BCUT2D eigenvalue weighted by Crippen LogP contribution is -2.19. The van der Waals surface area contributed by atoms with Crippen LogP contribution in [0.1, 0.15) is 11.1 Å². The van der Waals surface area contributed by atoms with E-state index in [1.54, 1.807) is 6.07 Å². The molecule has 20 heavy (non-hydrogen) atoms.